The summed E-state index contributed by atoms with van der Waals surface area (Å²) in [4.78, 5) is 24.7. The number of hydrogen-bond acceptors (Lipinski definition) is 4. The van der Waals surface area contributed by atoms with Gasteiger partial charge in [-0.15, -0.1) is 0 Å². The summed E-state index contributed by atoms with van der Waals surface area (Å²) in [6.45, 7) is 4.39. The number of benzene rings is 1. The van der Waals surface area contributed by atoms with Crippen LogP contribution in [0, 0.1) is 6.92 Å². The molecule has 6 nitrogen and oxygen atoms in total. The molecule has 0 bridgehead atoms. The molecule has 1 saturated heterocycles. The van der Waals surface area contributed by atoms with Gasteiger partial charge in [0.05, 0.1) is 17.8 Å². The van der Waals surface area contributed by atoms with E-state index in [-0.39, 0.29) is 23.3 Å². The van der Waals surface area contributed by atoms with Crippen molar-refractivity contribution in [1.82, 2.24) is 15.1 Å². The van der Waals surface area contributed by atoms with Crippen LogP contribution in [0.5, 0.6) is 0 Å². The van der Waals surface area contributed by atoms with Crippen LogP contribution in [0.4, 0.5) is 0 Å². The molecular formula is C18H21N3O3. The topological polar surface area (TPSA) is 73.2 Å². The summed E-state index contributed by atoms with van der Waals surface area (Å²) in [6, 6.07) is 10.7. The van der Waals surface area contributed by atoms with Crippen LogP contribution in [-0.2, 0) is 4.74 Å². The summed E-state index contributed by atoms with van der Waals surface area (Å²) in [5.41, 5.74) is 0.997. The summed E-state index contributed by atoms with van der Waals surface area (Å²) in [5.74, 6) is -0.465. The lowest BCUT2D eigenvalue weighted by Crippen LogP contribution is -2.43. The normalized spacial score (nSPS) is 18.3. The highest BCUT2D eigenvalue weighted by molar-refractivity contribution is 5.92. The second-order valence-corrected chi connectivity index (χ2v) is 6.06. The molecular weight excluding hydrogens is 306 g/mol. The first-order chi connectivity index (χ1) is 11.6. The van der Waals surface area contributed by atoms with E-state index in [9.17, 15) is 9.59 Å². The van der Waals surface area contributed by atoms with Crippen molar-refractivity contribution in [2.45, 2.75) is 38.8 Å². The third kappa shape index (κ3) is 3.38. The average molecular weight is 327 g/mol. The van der Waals surface area contributed by atoms with Gasteiger partial charge in [0.2, 0.25) is 5.43 Å². The quantitative estimate of drug-likeness (QED) is 0.930. The van der Waals surface area contributed by atoms with E-state index < -0.39 is 5.91 Å². The van der Waals surface area contributed by atoms with Gasteiger partial charge in [-0.05, 0) is 38.8 Å². The number of para-hydroxylation sites is 1. The van der Waals surface area contributed by atoms with E-state index >= 15 is 0 Å². The first-order valence-electron chi connectivity index (χ1n) is 8.15. The van der Waals surface area contributed by atoms with Crippen molar-refractivity contribution < 1.29 is 9.53 Å². The van der Waals surface area contributed by atoms with Crippen molar-refractivity contribution in [3.8, 4) is 5.69 Å². The van der Waals surface area contributed by atoms with E-state index in [1.54, 1.807) is 11.6 Å². The minimum absolute atomic E-state index is 0.00394. The molecule has 2 aromatic rings. The first-order valence-corrected chi connectivity index (χ1v) is 8.15. The van der Waals surface area contributed by atoms with Crippen LogP contribution < -0.4 is 10.7 Å². The Morgan fingerprint density at radius 3 is 2.79 bits per heavy atom. The molecule has 24 heavy (non-hydrogen) atoms. The zero-order chi connectivity index (χ0) is 17.1. The maximum atomic E-state index is 12.5. The van der Waals surface area contributed by atoms with E-state index in [2.05, 4.69) is 10.4 Å². The van der Waals surface area contributed by atoms with Gasteiger partial charge in [0.15, 0.2) is 5.69 Å². The fourth-order valence-electron chi connectivity index (χ4n) is 2.90. The lowest BCUT2D eigenvalue weighted by molar-refractivity contribution is 0.0708. The fourth-order valence-corrected chi connectivity index (χ4v) is 2.90. The van der Waals surface area contributed by atoms with Crippen molar-refractivity contribution in [3.05, 3.63) is 58.0 Å². The standard InChI is InChI=1S/C18H21N3O3/c1-12-11-15(22)17(20-21(12)14-7-4-3-5-8-14)18(23)19-13(2)16-9-6-10-24-16/h3-5,7-8,11,13,16H,6,9-10H2,1-2H3,(H,19,23). The molecule has 0 aliphatic carbocycles. The van der Waals surface area contributed by atoms with Crippen LogP contribution >= 0.6 is 0 Å². The second-order valence-electron chi connectivity index (χ2n) is 6.06. The summed E-state index contributed by atoms with van der Waals surface area (Å²) in [6.07, 6.45) is 1.90. The number of carbonyl (C=O) groups excluding carboxylic acids is 1. The lowest BCUT2D eigenvalue weighted by Gasteiger charge is -2.20. The predicted octanol–water partition coefficient (Wildman–Crippen LogP) is 1.84. The molecule has 6 heteroatoms. The molecule has 1 aliphatic rings. The van der Waals surface area contributed by atoms with Crippen molar-refractivity contribution in [3.63, 3.8) is 0 Å². The van der Waals surface area contributed by atoms with Gasteiger partial charge in [0, 0.05) is 18.4 Å². The van der Waals surface area contributed by atoms with Gasteiger partial charge in [-0.3, -0.25) is 9.59 Å². The largest absolute Gasteiger partial charge is 0.376 e. The van der Waals surface area contributed by atoms with Crippen molar-refractivity contribution in [2.75, 3.05) is 6.61 Å². The molecule has 1 aromatic carbocycles. The van der Waals surface area contributed by atoms with Crippen molar-refractivity contribution in [2.24, 2.45) is 0 Å². The van der Waals surface area contributed by atoms with E-state index in [4.69, 9.17) is 4.74 Å². The number of amides is 1. The Kier molecular flexibility index (Phi) is 4.76. The first kappa shape index (κ1) is 16.4. The Morgan fingerprint density at radius 2 is 2.12 bits per heavy atom. The molecule has 126 valence electrons. The Labute approximate surface area is 140 Å². The molecule has 2 atom stereocenters. The average Bonchev–Trinajstić information content (AvgIpc) is 3.10. The van der Waals surface area contributed by atoms with Gasteiger partial charge < -0.3 is 10.1 Å². The van der Waals surface area contributed by atoms with E-state index in [0.29, 0.717) is 12.3 Å². The van der Waals surface area contributed by atoms with Crippen LogP contribution in [0.15, 0.2) is 41.2 Å². The third-order valence-corrected chi connectivity index (χ3v) is 4.20. The number of aryl methyl sites for hydroxylation is 1. The molecule has 1 fully saturated rings. The molecule has 0 spiro atoms. The summed E-state index contributed by atoms with van der Waals surface area (Å²) in [7, 11) is 0. The summed E-state index contributed by atoms with van der Waals surface area (Å²) in [5, 5.41) is 7.11. The SMILES string of the molecule is Cc1cc(=O)c(C(=O)NC(C)C2CCCO2)nn1-c1ccccc1. The third-order valence-electron chi connectivity index (χ3n) is 4.20. The maximum absolute atomic E-state index is 12.5. The molecule has 2 unspecified atom stereocenters. The van der Waals surface area contributed by atoms with Crippen molar-refractivity contribution >= 4 is 5.91 Å². The molecule has 3 rings (SSSR count). The number of carbonyl (C=O) groups is 1. The molecule has 1 amide bonds. The van der Waals surface area contributed by atoms with Crippen LogP contribution in [0.2, 0.25) is 0 Å². The minimum Gasteiger partial charge on any atom is -0.376 e. The van der Waals surface area contributed by atoms with Crippen molar-refractivity contribution in [1.29, 1.82) is 0 Å². The van der Waals surface area contributed by atoms with Crippen LogP contribution in [0.25, 0.3) is 5.69 Å². The summed E-state index contributed by atoms with van der Waals surface area (Å²) >= 11 is 0. The zero-order valence-corrected chi connectivity index (χ0v) is 13.9. The smallest absolute Gasteiger partial charge is 0.276 e. The molecule has 0 saturated carbocycles. The van der Waals surface area contributed by atoms with Gasteiger partial charge in [0.25, 0.3) is 5.91 Å². The number of nitrogens with zero attached hydrogens (tertiary/aromatic N) is 2. The lowest BCUT2D eigenvalue weighted by atomic mass is 10.1. The molecule has 1 N–H and O–H groups in total. The van der Waals surface area contributed by atoms with Crippen LogP contribution in [0.1, 0.15) is 35.9 Å². The Hall–Kier alpha value is -2.47. The highest BCUT2D eigenvalue weighted by atomic mass is 16.5. The Morgan fingerprint density at radius 1 is 1.38 bits per heavy atom. The molecule has 1 aromatic heterocycles. The highest BCUT2D eigenvalue weighted by Crippen LogP contribution is 2.15. The Bertz CT molecular complexity index is 780. The number of hydrogen-bond donors (Lipinski definition) is 1. The summed E-state index contributed by atoms with van der Waals surface area (Å²) < 4.78 is 7.18. The van der Waals surface area contributed by atoms with Gasteiger partial charge >= 0.3 is 0 Å². The van der Waals surface area contributed by atoms with E-state index in [1.165, 1.54) is 6.07 Å². The Balaban J connectivity index is 1.87. The monoisotopic (exact) mass is 327 g/mol. The number of aromatic nitrogens is 2. The number of rotatable bonds is 4. The predicted molar refractivity (Wildman–Crippen MR) is 90.5 cm³/mol. The van der Waals surface area contributed by atoms with Gasteiger partial charge in [-0.2, -0.15) is 5.10 Å². The highest BCUT2D eigenvalue weighted by Gasteiger charge is 2.25. The molecule has 0 radical (unpaired) electrons. The van der Waals surface area contributed by atoms with Crippen LogP contribution in [0.3, 0.4) is 0 Å². The number of ether oxygens (including phenoxy) is 1. The maximum Gasteiger partial charge on any atom is 0.276 e. The number of nitrogens with one attached hydrogen (secondary N) is 1. The fraction of sp³-hybridized carbons (Fsp3) is 0.389. The zero-order valence-electron chi connectivity index (χ0n) is 13.9. The van der Waals surface area contributed by atoms with Gasteiger partial charge in [-0.25, -0.2) is 4.68 Å². The second kappa shape index (κ2) is 6.97. The van der Waals surface area contributed by atoms with E-state index in [0.717, 1.165) is 18.5 Å². The molecule has 1 aliphatic heterocycles. The van der Waals surface area contributed by atoms with Gasteiger partial charge in [0.1, 0.15) is 0 Å². The minimum atomic E-state index is -0.465. The van der Waals surface area contributed by atoms with E-state index in [1.807, 2.05) is 37.3 Å². The van der Waals surface area contributed by atoms with Gasteiger partial charge in [-0.1, -0.05) is 18.2 Å². The molecule has 2 heterocycles. The van der Waals surface area contributed by atoms with Crippen LogP contribution in [-0.4, -0.2) is 34.4 Å².